The van der Waals surface area contributed by atoms with Crippen LogP contribution >= 0.6 is 12.4 Å². The number of aromatic nitrogens is 4. The SMILES string of the molecule is Cc1cc(C(F)(F)F)cc(O)c1-c1ccc(CNc2nccn2C)nn1.Cl. The van der Waals surface area contributed by atoms with Crippen LogP contribution in [0.4, 0.5) is 19.1 Å². The molecule has 0 fully saturated rings. The molecule has 0 unspecified atom stereocenters. The van der Waals surface area contributed by atoms with Crippen LogP contribution in [-0.4, -0.2) is 24.9 Å². The second kappa shape index (κ2) is 7.83. The van der Waals surface area contributed by atoms with E-state index >= 15 is 0 Å². The van der Waals surface area contributed by atoms with Gasteiger partial charge in [-0.25, -0.2) is 4.98 Å². The number of anilines is 1. The highest BCUT2D eigenvalue weighted by Crippen LogP contribution is 2.38. The third kappa shape index (κ3) is 4.48. The second-order valence-corrected chi connectivity index (χ2v) is 5.81. The Hall–Kier alpha value is -2.81. The van der Waals surface area contributed by atoms with E-state index in [1.54, 1.807) is 24.5 Å². The minimum absolute atomic E-state index is 0. The van der Waals surface area contributed by atoms with Crippen LogP contribution in [-0.2, 0) is 19.8 Å². The smallest absolute Gasteiger partial charge is 0.416 e. The largest absolute Gasteiger partial charge is 0.507 e. The van der Waals surface area contributed by atoms with E-state index in [0.29, 0.717) is 29.9 Å². The Bertz CT molecular complexity index is 902. The summed E-state index contributed by atoms with van der Waals surface area (Å²) in [5, 5.41) is 21.2. The highest BCUT2D eigenvalue weighted by atomic mass is 35.5. The van der Waals surface area contributed by atoms with E-state index in [0.717, 1.165) is 6.07 Å². The maximum Gasteiger partial charge on any atom is 0.416 e. The van der Waals surface area contributed by atoms with Gasteiger partial charge in [-0.2, -0.15) is 23.4 Å². The van der Waals surface area contributed by atoms with E-state index in [-0.39, 0.29) is 23.5 Å². The molecule has 0 aliphatic carbocycles. The second-order valence-electron chi connectivity index (χ2n) is 5.81. The van der Waals surface area contributed by atoms with Crippen molar-refractivity contribution >= 4 is 18.4 Å². The van der Waals surface area contributed by atoms with Crippen molar-refractivity contribution in [2.75, 3.05) is 5.32 Å². The van der Waals surface area contributed by atoms with Gasteiger partial charge in [0.25, 0.3) is 0 Å². The molecule has 0 atom stereocenters. The average molecular weight is 400 g/mol. The molecule has 2 heterocycles. The summed E-state index contributed by atoms with van der Waals surface area (Å²) in [6, 6.07) is 4.97. The van der Waals surface area contributed by atoms with Crippen LogP contribution in [0.5, 0.6) is 5.75 Å². The number of hydrogen-bond acceptors (Lipinski definition) is 5. The first-order valence-corrected chi connectivity index (χ1v) is 7.70. The fraction of sp³-hybridized carbons (Fsp3) is 0.235. The zero-order valence-corrected chi connectivity index (χ0v) is 15.3. The zero-order valence-electron chi connectivity index (χ0n) is 14.4. The van der Waals surface area contributed by atoms with Crippen molar-refractivity contribution in [1.29, 1.82) is 0 Å². The van der Waals surface area contributed by atoms with Gasteiger partial charge in [-0.3, -0.25) is 0 Å². The first-order valence-electron chi connectivity index (χ1n) is 7.70. The molecule has 0 spiro atoms. The maximum absolute atomic E-state index is 12.8. The summed E-state index contributed by atoms with van der Waals surface area (Å²) in [6.07, 6.45) is -1.06. The van der Waals surface area contributed by atoms with Gasteiger partial charge >= 0.3 is 6.18 Å². The van der Waals surface area contributed by atoms with Crippen molar-refractivity contribution in [2.45, 2.75) is 19.6 Å². The predicted octanol–water partition coefficient (Wildman–Crippen LogP) is 3.94. The Morgan fingerprint density at radius 2 is 1.93 bits per heavy atom. The first-order chi connectivity index (χ1) is 12.3. The lowest BCUT2D eigenvalue weighted by Crippen LogP contribution is -2.07. The number of nitrogens with one attached hydrogen (secondary N) is 1. The third-order valence-electron chi connectivity index (χ3n) is 3.87. The first kappa shape index (κ1) is 20.5. The molecule has 144 valence electrons. The fourth-order valence-corrected chi connectivity index (χ4v) is 2.56. The summed E-state index contributed by atoms with van der Waals surface area (Å²) < 4.78 is 40.2. The van der Waals surface area contributed by atoms with Gasteiger partial charge in [0, 0.05) is 25.0 Å². The monoisotopic (exact) mass is 399 g/mol. The molecule has 3 aromatic rings. The van der Waals surface area contributed by atoms with Gasteiger partial charge in [0.2, 0.25) is 5.95 Å². The molecule has 0 amide bonds. The quantitative estimate of drug-likeness (QED) is 0.695. The number of halogens is 4. The van der Waals surface area contributed by atoms with Crippen LogP contribution in [0.15, 0.2) is 36.7 Å². The van der Waals surface area contributed by atoms with Gasteiger partial charge in [-0.05, 0) is 36.8 Å². The van der Waals surface area contributed by atoms with Crippen molar-refractivity contribution in [3.63, 3.8) is 0 Å². The van der Waals surface area contributed by atoms with Crippen molar-refractivity contribution in [3.05, 3.63) is 53.5 Å². The summed E-state index contributed by atoms with van der Waals surface area (Å²) in [5.74, 6) is 0.192. The number of nitrogens with zero attached hydrogens (tertiary/aromatic N) is 4. The molecule has 0 radical (unpaired) electrons. The molecular weight excluding hydrogens is 383 g/mol. The lowest BCUT2D eigenvalue weighted by molar-refractivity contribution is -0.137. The van der Waals surface area contributed by atoms with Crippen molar-refractivity contribution in [3.8, 4) is 17.0 Å². The molecule has 0 saturated carbocycles. The van der Waals surface area contributed by atoms with E-state index in [1.807, 2.05) is 11.6 Å². The number of aromatic hydroxyl groups is 1. The molecule has 10 heteroatoms. The molecule has 1 aromatic carbocycles. The lowest BCUT2D eigenvalue weighted by Gasteiger charge is -2.13. The fourth-order valence-electron chi connectivity index (χ4n) is 2.56. The van der Waals surface area contributed by atoms with E-state index < -0.39 is 17.5 Å². The predicted molar refractivity (Wildman–Crippen MR) is 96.7 cm³/mol. The standard InChI is InChI=1S/C17H16F3N5O.ClH/c1-10-7-11(17(18,19)20)8-14(26)15(10)13-4-3-12(23-24-13)9-22-16-21-5-6-25(16)2;/h3-8,26H,9H2,1-2H3,(H,21,22);1H. The number of benzene rings is 1. The van der Waals surface area contributed by atoms with Crippen LogP contribution in [0.25, 0.3) is 11.3 Å². The molecule has 3 rings (SSSR count). The summed E-state index contributed by atoms with van der Waals surface area (Å²) in [6.45, 7) is 1.87. The number of phenolic OH excluding ortho intramolecular Hbond substituents is 1. The van der Waals surface area contributed by atoms with Gasteiger partial charge in [0.05, 0.1) is 23.5 Å². The number of imidazole rings is 1. The van der Waals surface area contributed by atoms with Crippen molar-refractivity contribution < 1.29 is 18.3 Å². The number of phenols is 1. The van der Waals surface area contributed by atoms with Crippen LogP contribution in [0.3, 0.4) is 0 Å². The van der Waals surface area contributed by atoms with E-state index in [4.69, 9.17) is 0 Å². The van der Waals surface area contributed by atoms with Crippen LogP contribution in [0.2, 0.25) is 0 Å². The number of alkyl halides is 3. The Morgan fingerprint density at radius 3 is 2.44 bits per heavy atom. The summed E-state index contributed by atoms with van der Waals surface area (Å²) >= 11 is 0. The third-order valence-corrected chi connectivity index (χ3v) is 3.87. The van der Waals surface area contributed by atoms with E-state index in [1.165, 1.54) is 6.92 Å². The Balaban J connectivity index is 0.00000261. The van der Waals surface area contributed by atoms with Gasteiger partial charge in [-0.1, -0.05) is 0 Å². The maximum atomic E-state index is 12.8. The molecule has 6 nitrogen and oxygen atoms in total. The Kier molecular flexibility index (Phi) is 5.94. The summed E-state index contributed by atoms with van der Waals surface area (Å²) in [5.41, 5.74) is 0.523. The molecule has 2 aromatic heterocycles. The molecular formula is C17H17ClF3N5O. The van der Waals surface area contributed by atoms with Gasteiger partial charge < -0.3 is 15.0 Å². The highest BCUT2D eigenvalue weighted by molar-refractivity contribution is 5.85. The highest BCUT2D eigenvalue weighted by Gasteiger charge is 2.32. The number of rotatable bonds is 4. The Labute approximate surface area is 159 Å². The summed E-state index contributed by atoms with van der Waals surface area (Å²) in [4.78, 5) is 4.13. The van der Waals surface area contributed by atoms with E-state index in [9.17, 15) is 18.3 Å². The number of hydrogen-bond donors (Lipinski definition) is 2. The van der Waals surface area contributed by atoms with Crippen molar-refractivity contribution in [1.82, 2.24) is 19.7 Å². The Morgan fingerprint density at radius 1 is 1.19 bits per heavy atom. The molecule has 0 aliphatic heterocycles. The van der Waals surface area contributed by atoms with Gasteiger partial charge in [0.15, 0.2) is 0 Å². The topological polar surface area (TPSA) is 75.9 Å². The molecule has 0 aliphatic rings. The molecule has 0 bridgehead atoms. The van der Waals surface area contributed by atoms with Crippen LogP contribution in [0, 0.1) is 6.92 Å². The average Bonchev–Trinajstić information content (AvgIpc) is 2.97. The number of aryl methyl sites for hydroxylation is 2. The normalized spacial score (nSPS) is 11.1. The van der Waals surface area contributed by atoms with Crippen molar-refractivity contribution in [2.24, 2.45) is 7.05 Å². The molecule has 27 heavy (non-hydrogen) atoms. The summed E-state index contributed by atoms with van der Waals surface area (Å²) in [7, 11) is 1.85. The van der Waals surface area contributed by atoms with Gasteiger partial charge in [-0.15, -0.1) is 12.4 Å². The lowest BCUT2D eigenvalue weighted by atomic mass is 10.0. The van der Waals surface area contributed by atoms with Gasteiger partial charge in [0.1, 0.15) is 5.75 Å². The zero-order chi connectivity index (χ0) is 18.9. The minimum Gasteiger partial charge on any atom is -0.507 e. The molecule has 0 saturated heterocycles. The van der Waals surface area contributed by atoms with Crippen LogP contribution < -0.4 is 5.32 Å². The minimum atomic E-state index is -4.52. The van der Waals surface area contributed by atoms with Crippen LogP contribution in [0.1, 0.15) is 16.8 Å². The van der Waals surface area contributed by atoms with E-state index in [2.05, 4.69) is 20.5 Å². The molecule has 2 N–H and O–H groups in total.